The molecule has 2 N–H and O–H groups in total. The van der Waals surface area contributed by atoms with Crippen LogP contribution >= 0.6 is 15.9 Å². The maximum Gasteiger partial charge on any atom is 0.494 e. The molecule has 6 aromatic heterocycles. The molecular weight excluding hydrogens is 731 g/mol. The monoisotopic (exact) mass is 772 g/mol. The minimum absolute atomic E-state index is 0.143. The highest BCUT2D eigenvalue weighted by Gasteiger charge is 2.20. The van der Waals surface area contributed by atoms with Gasteiger partial charge in [-0.25, -0.2) is 19.9 Å². The highest BCUT2D eigenvalue weighted by atomic mass is 79.9. The van der Waals surface area contributed by atoms with Gasteiger partial charge in [0.1, 0.15) is 15.6 Å². The number of carbonyl (C=O) groups excluding carboxylic acids is 2. The number of pyridine rings is 4. The van der Waals surface area contributed by atoms with Crippen molar-refractivity contribution in [2.75, 3.05) is 13.2 Å². The lowest BCUT2D eigenvalue weighted by Crippen LogP contribution is -2.31. The number of aldehydes is 2. The number of aromatic nitrogens is 8. The van der Waals surface area contributed by atoms with Crippen molar-refractivity contribution in [2.45, 2.75) is 67.5 Å². The first-order chi connectivity index (χ1) is 24.9. The van der Waals surface area contributed by atoms with E-state index in [9.17, 15) is 9.59 Å². The number of halogens is 1. The van der Waals surface area contributed by atoms with Crippen LogP contribution in [0.15, 0.2) is 53.4 Å². The van der Waals surface area contributed by atoms with Crippen molar-refractivity contribution >= 4 is 63.2 Å². The molecule has 0 fully saturated rings. The van der Waals surface area contributed by atoms with Crippen LogP contribution in [-0.2, 0) is 0 Å². The van der Waals surface area contributed by atoms with E-state index in [-0.39, 0.29) is 18.0 Å². The third-order valence-electron chi connectivity index (χ3n) is 7.59. The van der Waals surface area contributed by atoms with Crippen LogP contribution in [0.2, 0.25) is 0 Å². The van der Waals surface area contributed by atoms with E-state index in [0.717, 1.165) is 51.6 Å². The molecule has 0 unspecified atom stereocenters. The lowest BCUT2D eigenvalue weighted by molar-refractivity contribution is 0.111. The molecule has 6 aromatic rings. The van der Waals surface area contributed by atoms with Crippen molar-refractivity contribution in [3.63, 3.8) is 0 Å². The van der Waals surface area contributed by atoms with Crippen molar-refractivity contribution in [1.29, 1.82) is 0 Å². The number of hydrogen-bond donors (Lipinski definition) is 2. The van der Waals surface area contributed by atoms with Crippen molar-refractivity contribution in [1.82, 2.24) is 39.5 Å². The van der Waals surface area contributed by atoms with Crippen LogP contribution in [0.4, 0.5) is 0 Å². The number of ether oxygens (including phenoxy) is 2. The zero-order valence-electron chi connectivity index (χ0n) is 30.4. The Kier molecular flexibility index (Phi) is 13.7. The molecule has 6 heterocycles. The van der Waals surface area contributed by atoms with Gasteiger partial charge >= 0.3 is 7.12 Å². The van der Waals surface area contributed by atoms with Gasteiger partial charge in [0.05, 0.1) is 46.9 Å². The first-order valence-corrected chi connectivity index (χ1v) is 17.5. The summed E-state index contributed by atoms with van der Waals surface area (Å²) in [5.74, 6) is 0.785. The van der Waals surface area contributed by atoms with E-state index in [4.69, 9.17) is 24.5 Å². The molecule has 0 amide bonds. The van der Waals surface area contributed by atoms with Gasteiger partial charge in [-0.3, -0.25) is 19.0 Å². The summed E-state index contributed by atoms with van der Waals surface area (Å²) >= 11 is 3.30. The molecule has 0 aliphatic heterocycles. The highest BCUT2D eigenvalue weighted by Crippen LogP contribution is 2.31. The van der Waals surface area contributed by atoms with Crippen molar-refractivity contribution in [3.8, 4) is 23.0 Å². The van der Waals surface area contributed by atoms with Crippen LogP contribution < -0.4 is 14.9 Å². The first-order valence-electron chi connectivity index (χ1n) is 16.7. The van der Waals surface area contributed by atoms with Gasteiger partial charge in [0.15, 0.2) is 12.6 Å². The summed E-state index contributed by atoms with van der Waals surface area (Å²) in [5, 5.41) is 26.7. The van der Waals surface area contributed by atoms with Crippen LogP contribution in [0.25, 0.3) is 33.3 Å². The molecule has 0 atom stereocenters. The largest absolute Gasteiger partial charge is 0.494 e. The number of nitrogens with zero attached hydrogens (tertiary/aromatic N) is 8. The minimum atomic E-state index is -1.53. The van der Waals surface area contributed by atoms with Gasteiger partial charge in [-0.2, -0.15) is 10.2 Å². The molecule has 0 saturated carbocycles. The minimum Gasteiger partial charge on any atom is -0.478 e. The normalized spacial score (nSPS) is 10.9. The fourth-order valence-electron chi connectivity index (χ4n) is 5.35. The summed E-state index contributed by atoms with van der Waals surface area (Å²) in [6.45, 7) is 16.6. The predicted molar refractivity (Wildman–Crippen MR) is 203 cm³/mol. The molecule has 6 rings (SSSR count). The molecule has 272 valence electrons. The quantitative estimate of drug-likeness (QED) is 0.0994. The van der Waals surface area contributed by atoms with Crippen LogP contribution in [-0.4, -0.2) is 82.4 Å². The zero-order valence-corrected chi connectivity index (χ0v) is 32.0. The van der Waals surface area contributed by atoms with Crippen LogP contribution in [0.1, 0.15) is 85.7 Å². The van der Waals surface area contributed by atoms with Gasteiger partial charge in [-0.05, 0) is 102 Å². The molecule has 14 nitrogen and oxygen atoms in total. The van der Waals surface area contributed by atoms with Gasteiger partial charge < -0.3 is 19.5 Å². The average Bonchev–Trinajstić information content (AvgIpc) is 3.65. The molecule has 0 saturated heterocycles. The second kappa shape index (κ2) is 17.9. The Morgan fingerprint density at radius 2 is 1.29 bits per heavy atom. The van der Waals surface area contributed by atoms with E-state index >= 15 is 0 Å². The first kappa shape index (κ1) is 39.7. The smallest absolute Gasteiger partial charge is 0.478 e. The van der Waals surface area contributed by atoms with E-state index in [1.54, 1.807) is 30.5 Å². The lowest BCUT2D eigenvalue weighted by atomic mass is 9.81. The van der Waals surface area contributed by atoms with Crippen LogP contribution in [0.3, 0.4) is 0 Å². The number of carbonyl (C=O) groups is 2. The summed E-state index contributed by atoms with van der Waals surface area (Å²) in [7, 11) is -1.53. The van der Waals surface area contributed by atoms with Crippen LogP contribution in [0.5, 0.6) is 11.8 Å². The SMILES string of the molecule is CCOc1ncccc1-c1cc(C=O)c2c(n1)c(C)nn2C(C)C.CCOc1ncccc1B(O)O.Cc1nn(C(C)C)c2c(C=O)cc(Br)nc12. The Hall–Kier alpha value is -5.06. The second-order valence-electron chi connectivity index (χ2n) is 12.0. The number of fused-ring (bicyclic) bond motifs is 2. The highest BCUT2D eigenvalue weighted by molar-refractivity contribution is 9.10. The third kappa shape index (κ3) is 8.87. The van der Waals surface area contributed by atoms with Crippen molar-refractivity contribution in [2.24, 2.45) is 0 Å². The Bertz CT molecular complexity index is 2170. The summed E-state index contributed by atoms with van der Waals surface area (Å²) < 4.78 is 15.0. The topological polar surface area (TPSA) is 180 Å². The van der Waals surface area contributed by atoms with Gasteiger partial charge in [0, 0.05) is 41.1 Å². The van der Waals surface area contributed by atoms with E-state index in [2.05, 4.69) is 41.1 Å². The van der Waals surface area contributed by atoms with E-state index in [1.165, 1.54) is 6.20 Å². The zero-order chi connectivity index (χ0) is 38.1. The summed E-state index contributed by atoms with van der Waals surface area (Å²) in [6, 6.07) is 10.7. The summed E-state index contributed by atoms with van der Waals surface area (Å²) in [4.78, 5) is 40.0. The fourth-order valence-corrected chi connectivity index (χ4v) is 5.77. The molecule has 0 aromatic carbocycles. The Balaban J connectivity index is 0.000000187. The maximum atomic E-state index is 11.7. The van der Waals surface area contributed by atoms with E-state index in [0.29, 0.717) is 46.0 Å². The molecule has 0 aliphatic rings. The molecule has 0 bridgehead atoms. The molecule has 0 spiro atoms. The van der Waals surface area contributed by atoms with Crippen molar-refractivity contribution < 1.29 is 29.1 Å². The van der Waals surface area contributed by atoms with Crippen LogP contribution in [0, 0.1) is 13.8 Å². The Morgan fingerprint density at radius 3 is 1.81 bits per heavy atom. The molecule has 0 aliphatic carbocycles. The van der Waals surface area contributed by atoms with Gasteiger partial charge in [0.2, 0.25) is 11.8 Å². The summed E-state index contributed by atoms with van der Waals surface area (Å²) in [6.07, 6.45) is 4.91. The fraction of sp³-hybridized carbons (Fsp3) is 0.333. The molecular formula is C36H42BBrN8O6. The van der Waals surface area contributed by atoms with Gasteiger partial charge in [-0.15, -0.1) is 0 Å². The standard InChI is InChI=1S/C18H20N4O2.C11H12BrN3O.C7H10BNO3/c1-5-24-18-14(7-6-8-19-18)15-9-13(10-23)17-16(20-15)12(4)21-22(17)11(2)3;1-6(2)15-11-8(5-16)4-9(12)13-10(11)7(3)14-15;1-2-12-7-6(8(10)11)4-3-5-9-7/h6-11H,5H2,1-4H3;4-6H,1-3H3;3-5,10-11H,2H2,1H3. The Labute approximate surface area is 310 Å². The third-order valence-corrected chi connectivity index (χ3v) is 8.00. The average molecular weight is 773 g/mol. The molecule has 16 heteroatoms. The molecule has 52 heavy (non-hydrogen) atoms. The van der Waals surface area contributed by atoms with Gasteiger partial charge in [-0.1, -0.05) is 6.07 Å². The summed E-state index contributed by atoms with van der Waals surface area (Å²) in [5.41, 5.74) is 7.63. The van der Waals surface area contributed by atoms with Gasteiger partial charge in [0.25, 0.3) is 0 Å². The predicted octanol–water partition coefficient (Wildman–Crippen LogP) is 5.65. The lowest BCUT2D eigenvalue weighted by Gasteiger charge is -2.11. The van der Waals surface area contributed by atoms with E-state index < -0.39 is 7.12 Å². The van der Waals surface area contributed by atoms with Crippen molar-refractivity contribution in [3.05, 3.63) is 75.9 Å². The molecule has 0 radical (unpaired) electrons. The Morgan fingerprint density at radius 1 is 0.788 bits per heavy atom. The maximum absolute atomic E-state index is 11.7. The number of hydrogen-bond acceptors (Lipinski definition) is 12. The number of rotatable bonds is 10. The van der Waals surface area contributed by atoms with E-state index in [1.807, 2.05) is 76.9 Å². The number of aryl methyl sites for hydroxylation is 2. The second-order valence-corrected chi connectivity index (χ2v) is 12.8.